The largest absolute Gasteiger partial charge is 0.456 e. The summed E-state index contributed by atoms with van der Waals surface area (Å²) in [6.45, 7) is 9.70. The lowest BCUT2D eigenvalue weighted by Crippen LogP contribution is -2.53. The second kappa shape index (κ2) is 6.02. The number of hydrogen-bond acceptors (Lipinski definition) is 5. The maximum Gasteiger partial charge on any atom is 0.311 e. The van der Waals surface area contributed by atoms with Crippen LogP contribution in [0.1, 0.15) is 41.0 Å². The maximum atomic E-state index is 12.0. The van der Waals surface area contributed by atoms with Gasteiger partial charge in [0.05, 0.1) is 11.5 Å². The van der Waals surface area contributed by atoms with E-state index in [1.807, 2.05) is 27.7 Å². The number of methoxy groups -OCH3 is 1. The lowest BCUT2D eigenvalue weighted by Gasteiger charge is -2.45. The molecule has 0 aliphatic carbocycles. The molecular weight excluding hydrogens is 264 g/mol. The molecule has 1 heterocycles. The standard InChI is InChI=1S/C14H26O4S/c1-9-14(5,19-7)8-10(11(16-6)17-9)18-12(15)13(2,3)4/h9-11H,8H2,1-7H3. The van der Waals surface area contributed by atoms with Gasteiger partial charge in [0.15, 0.2) is 12.4 Å². The minimum absolute atomic E-state index is 0.0528. The van der Waals surface area contributed by atoms with Crippen molar-refractivity contribution in [3.8, 4) is 0 Å². The van der Waals surface area contributed by atoms with E-state index in [9.17, 15) is 4.79 Å². The molecule has 4 nitrogen and oxygen atoms in total. The molecule has 5 heteroatoms. The number of thioether (sulfide) groups is 1. The number of ether oxygens (including phenoxy) is 3. The Labute approximate surface area is 120 Å². The van der Waals surface area contributed by atoms with E-state index in [0.717, 1.165) is 6.42 Å². The summed E-state index contributed by atoms with van der Waals surface area (Å²) in [4.78, 5) is 12.0. The van der Waals surface area contributed by atoms with Gasteiger partial charge in [-0.05, 0) is 40.9 Å². The van der Waals surface area contributed by atoms with Crippen LogP contribution in [0.25, 0.3) is 0 Å². The van der Waals surface area contributed by atoms with Gasteiger partial charge in [-0.25, -0.2) is 0 Å². The van der Waals surface area contributed by atoms with Crippen molar-refractivity contribution in [2.24, 2.45) is 5.41 Å². The zero-order chi connectivity index (χ0) is 14.8. The first kappa shape index (κ1) is 16.8. The molecule has 1 fully saturated rings. The van der Waals surface area contributed by atoms with Crippen LogP contribution in [0.4, 0.5) is 0 Å². The Morgan fingerprint density at radius 3 is 2.42 bits per heavy atom. The summed E-state index contributed by atoms with van der Waals surface area (Å²) in [5, 5.41) is 0. The van der Waals surface area contributed by atoms with E-state index in [0.29, 0.717) is 0 Å². The van der Waals surface area contributed by atoms with E-state index in [4.69, 9.17) is 14.2 Å². The molecule has 1 saturated heterocycles. The Morgan fingerprint density at radius 2 is 2.00 bits per heavy atom. The van der Waals surface area contributed by atoms with Gasteiger partial charge < -0.3 is 14.2 Å². The molecule has 0 amide bonds. The predicted octanol–water partition coefficient (Wildman–Crippen LogP) is 2.85. The van der Waals surface area contributed by atoms with E-state index in [2.05, 4.69) is 13.2 Å². The third-order valence-corrected chi connectivity index (χ3v) is 5.11. The molecule has 4 atom stereocenters. The van der Waals surface area contributed by atoms with Crippen LogP contribution in [-0.2, 0) is 19.0 Å². The third-order valence-electron chi connectivity index (χ3n) is 3.68. The summed E-state index contributed by atoms with van der Waals surface area (Å²) in [6, 6.07) is 0. The first-order valence-corrected chi connectivity index (χ1v) is 7.81. The summed E-state index contributed by atoms with van der Waals surface area (Å²) >= 11 is 1.74. The molecule has 0 N–H and O–H groups in total. The number of esters is 1. The average molecular weight is 290 g/mol. The fourth-order valence-corrected chi connectivity index (χ4v) is 2.68. The molecule has 19 heavy (non-hydrogen) atoms. The van der Waals surface area contributed by atoms with Gasteiger partial charge in [0, 0.05) is 18.3 Å². The Kier molecular flexibility index (Phi) is 5.32. The van der Waals surface area contributed by atoms with Crippen LogP contribution >= 0.6 is 11.8 Å². The minimum Gasteiger partial charge on any atom is -0.456 e. The smallest absolute Gasteiger partial charge is 0.311 e. The first-order valence-electron chi connectivity index (χ1n) is 6.58. The van der Waals surface area contributed by atoms with Crippen molar-refractivity contribution in [1.29, 1.82) is 0 Å². The minimum atomic E-state index is -0.517. The molecule has 0 radical (unpaired) electrons. The molecule has 1 aliphatic rings. The molecule has 1 aliphatic heterocycles. The maximum absolute atomic E-state index is 12.0. The van der Waals surface area contributed by atoms with Crippen molar-refractivity contribution in [2.75, 3.05) is 13.4 Å². The molecular formula is C14H26O4S. The third kappa shape index (κ3) is 3.86. The summed E-state index contributed by atoms with van der Waals surface area (Å²) in [5.74, 6) is -0.221. The molecule has 0 aromatic carbocycles. The second-order valence-electron chi connectivity index (χ2n) is 6.30. The quantitative estimate of drug-likeness (QED) is 0.748. The highest BCUT2D eigenvalue weighted by Gasteiger charge is 2.46. The van der Waals surface area contributed by atoms with Gasteiger partial charge in [-0.15, -0.1) is 0 Å². The zero-order valence-electron chi connectivity index (χ0n) is 13.0. The molecule has 1 rings (SSSR count). The van der Waals surface area contributed by atoms with Gasteiger partial charge in [0.25, 0.3) is 0 Å². The van der Waals surface area contributed by atoms with Crippen molar-refractivity contribution >= 4 is 17.7 Å². The highest BCUT2D eigenvalue weighted by atomic mass is 32.2. The van der Waals surface area contributed by atoms with Crippen LogP contribution in [0.15, 0.2) is 0 Å². The van der Waals surface area contributed by atoms with Crippen molar-refractivity contribution in [3.05, 3.63) is 0 Å². The number of hydrogen-bond donors (Lipinski definition) is 0. The lowest BCUT2D eigenvalue weighted by molar-refractivity contribution is -0.244. The first-order chi connectivity index (χ1) is 8.64. The number of carbonyl (C=O) groups excluding carboxylic acids is 1. The van der Waals surface area contributed by atoms with Gasteiger partial charge >= 0.3 is 5.97 Å². The van der Waals surface area contributed by atoms with Crippen LogP contribution in [-0.4, -0.2) is 42.6 Å². The van der Waals surface area contributed by atoms with Crippen LogP contribution < -0.4 is 0 Å². The molecule has 0 saturated carbocycles. The van der Waals surface area contributed by atoms with E-state index < -0.39 is 11.7 Å². The van der Waals surface area contributed by atoms with Crippen molar-refractivity contribution < 1.29 is 19.0 Å². The lowest BCUT2D eigenvalue weighted by atomic mass is 9.92. The van der Waals surface area contributed by atoms with Crippen molar-refractivity contribution in [3.63, 3.8) is 0 Å². The molecule has 112 valence electrons. The summed E-state index contributed by atoms with van der Waals surface area (Å²) < 4.78 is 16.7. The van der Waals surface area contributed by atoms with Crippen molar-refractivity contribution in [1.82, 2.24) is 0 Å². The Bertz CT molecular complexity index is 326. The normalized spacial score (nSPS) is 36.1. The monoisotopic (exact) mass is 290 g/mol. The highest BCUT2D eigenvalue weighted by molar-refractivity contribution is 8.00. The fourth-order valence-electron chi connectivity index (χ4n) is 1.96. The predicted molar refractivity (Wildman–Crippen MR) is 77.2 cm³/mol. The van der Waals surface area contributed by atoms with Crippen LogP contribution in [0.3, 0.4) is 0 Å². The van der Waals surface area contributed by atoms with Crippen molar-refractivity contribution in [2.45, 2.75) is 64.3 Å². The SMILES string of the molecule is COC1OC(C)C(C)(SC)CC1OC(=O)C(C)(C)C. The number of carbonyl (C=O) groups is 1. The zero-order valence-corrected chi connectivity index (χ0v) is 13.8. The van der Waals surface area contributed by atoms with E-state index in [1.165, 1.54) is 0 Å². The van der Waals surface area contributed by atoms with Gasteiger partial charge in [-0.3, -0.25) is 4.79 Å². The van der Waals surface area contributed by atoms with Crippen LogP contribution in [0.5, 0.6) is 0 Å². The van der Waals surface area contributed by atoms with Gasteiger partial charge in [0.1, 0.15) is 0 Å². The molecule has 4 unspecified atom stereocenters. The molecule has 0 aromatic rings. The summed E-state index contributed by atoms with van der Waals surface area (Å²) in [5.41, 5.74) is -0.517. The Hall–Kier alpha value is -0.260. The Morgan fingerprint density at radius 1 is 1.42 bits per heavy atom. The number of rotatable bonds is 3. The molecule has 0 bridgehead atoms. The Balaban J connectivity index is 2.82. The fraction of sp³-hybridized carbons (Fsp3) is 0.929. The van der Waals surface area contributed by atoms with E-state index >= 15 is 0 Å². The highest BCUT2D eigenvalue weighted by Crippen LogP contribution is 2.40. The van der Waals surface area contributed by atoms with Crippen LogP contribution in [0.2, 0.25) is 0 Å². The van der Waals surface area contributed by atoms with Gasteiger partial charge in [-0.1, -0.05) is 0 Å². The molecule has 0 spiro atoms. The molecule has 0 aromatic heterocycles. The van der Waals surface area contributed by atoms with Crippen LogP contribution in [0, 0.1) is 5.41 Å². The average Bonchev–Trinajstić information content (AvgIpc) is 2.32. The van der Waals surface area contributed by atoms with E-state index in [-0.39, 0.29) is 22.9 Å². The van der Waals surface area contributed by atoms with E-state index in [1.54, 1.807) is 18.9 Å². The summed E-state index contributed by atoms with van der Waals surface area (Å²) in [7, 11) is 1.58. The van der Waals surface area contributed by atoms with Gasteiger partial charge in [0.2, 0.25) is 0 Å². The second-order valence-corrected chi connectivity index (χ2v) is 7.64. The summed E-state index contributed by atoms with van der Waals surface area (Å²) in [6.07, 6.45) is 2.00. The van der Waals surface area contributed by atoms with Gasteiger partial charge in [-0.2, -0.15) is 11.8 Å². The topological polar surface area (TPSA) is 44.8 Å².